The number of nitro benzene ring substituents is 1. The third-order valence-corrected chi connectivity index (χ3v) is 4.15. The van der Waals surface area contributed by atoms with Gasteiger partial charge in [0.15, 0.2) is 0 Å². The summed E-state index contributed by atoms with van der Waals surface area (Å²) in [6.45, 7) is 0. The molecule has 0 bridgehead atoms. The summed E-state index contributed by atoms with van der Waals surface area (Å²) in [4.78, 5) is 10.3. The zero-order valence-corrected chi connectivity index (χ0v) is 12.5. The summed E-state index contributed by atoms with van der Waals surface area (Å²) in [6, 6.07) is 10.6. The van der Waals surface area contributed by atoms with Gasteiger partial charge in [0.25, 0.3) is 5.69 Å². The van der Waals surface area contributed by atoms with E-state index in [1.807, 2.05) is 0 Å². The molecular weight excluding hydrogens is 308 g/mol. The second-order valence-corrected chi connectivity index (χ2v) is 6.11. The Balaban J connectivity index is 2.54. The van der Waals surface area contributed by atoms with Crippen LogP contribution in [0.5, 0.6) is 5.75 Å². The zero-order chi connectivity index (χ0) is 16.3. The van der Waals surface area contributed by atoms with E-state index in [9.17, 15) is 18.5 Å². The Bertz CT molecular complexity index is 800. The molecule has 0 aliphatic carbocycles. The second-order valence-electron chi connectivity index (χ2n) is 4.58. The van der Waals surface area contributed by atoms with E-state index in [0.717, 1.165) is 0 Å². The molecule has 0 radical (unpaired) electrons. The molecule has 0 aliphatic rings. The van der Waals surface area contributed by atoms with Crippen LogP contribution in [0.4, 0.5) is 5.69 Å². The molecule has 0 saturated heterocycles. The van der Waals surface area contributed by atoms with Gasteiger partial charge in [0.2, 0.25) is 10.0 Å². The number of rotatable bonds is 5. The van der Waals surface area contributed by atoms with Gasteiger partial charge in [-0.1, -0.05) is 18.2 Å². The third-order valence-electron chi connectivity index (χ3n) is 3.15. The maximum atomic E-state index is 11.7. The number of hydrogen-bond acceptors (Lipinski definition) is 5. The Morgan fingerprint density at radius 2 is 1.82 bits per heavy atom. The zero-order valence-electron chi connectivity index (χ0n) is 11.7. The van der Waals surface area contributed by atoms with Crippen molar-refractivity contribution in [3.05, 3.63) is 63.7 Å². The number of ether oxygens (including phenoxy) is 1. The molecule has 2 aromatic rings. The molecule has 22 heavy (non-hydrogen) atoms. The molecule has 8 heteroatoms. The molecule has 116 valence electrons. The minimum atomic E-state index is -4.05. The highest BCUT2D eigenvalue weighted by molar-refractivity contribution is 7.89. The van der Waals surface area contributed by atoms with Gasteiger partial charge in [-0.25, -0.2) is 13.6 Å². The Kier molecular flexibility index (Phi) is 4.43. The summed E-state index contributed by atoms with van der Waals surface area (Å²) in [5.41, 5.74) is 0.502. The van der Waals surface area contributed by atoms with Gasteiger partial charge in [-0.15, -0.1) is 0 Å². The standard InChI is InChI=1S/C14H14N2O5S/c1-21-11-7-5-10(6-8-11)9-12-13(16(17)18)3-2-4-14(12)22(15,19)20/h2-8H,9H2,1H3,(H2,15,19,20). The van der Waals surface area contributed by atoms with Gasteiger partial charge in [-0.3, -0.25) is 10.1 Å². The number of primary sulfonamides is 1. The highest BCUT2D eigenvalue weighted by Crippen LogP contribution is 2.28. The van der Waals surface area contributed by atoms with E-state index in [-0.39, 0.29) is 22.6 Å². The quantitative estimate of drug-likeness (QED) is 0.666. The Morgan fingerprint density at radius 1 is 1.18 bits per heavy atom. The smallest absolute Gasteiger partial charge is 0.274 e. The van der Waals surface area contributed by atoms with Crippen LogP contribution in [0.3, 0.4) is 0 Å². The van der Waals surface area contributed by atoms with Crippen LogP contribution in [0.2, 0.25) is 0 Å². The molecule has 0 aliphatic heterocycles. The fourth-order valence-electron chi connectivity index (χ4n) is 2.12. The monoisotopic (exact) mass is 322 g/mol. The van der Waals surface area contributed by atoms with Crippen molar-refractivity contribution in [3.8, 4) is 5.75 Å². The average molecular weight is 322 g/mol. The van der Waals surface area contributed by atoms with E-state index < -0.39 is 14.9 Å². The predicted octanol–water partition coefficient (Wildman–Crippen LogP) is 1.84. The van der Waals surface area contributed by atoms with Gasteiger partial charge in [0, 0.05) is 12.5 Å². The van der Waals surface area contributed by atoms with Crippen LogP contribution < -0.4 is 9.88 Å². The summed E-state index contributed by atoms with van der Waals surface area (Å²) in [6.07, 6.45) is 0.0763. The molecule has 7 nitrogen and oxygen atoms in total. The van der Waals surface area contributed by atoms with Crippen molar-refractivity contribution in [2.45, 2.75) is 11.3 Å². The molecule has 0 atom stereocenters. The van der Waals surface area contributed by atoms with E-state index in [4.69, 9.17) is 9.88 Å². The summed E-state index contributed by atoms with van der Waals surface area (Å²) >= 11 is 0. The first-order valence-electron chi connectivity index (χ1n) is 6.25. The summed E-state index contributed by atoms with van der Waals surface area (Å²) < 4.78 is 28.3. The highest BCUT2D eigenvalue weighted by Gasteiger charge is 2.23. The average Bonchev–Trinajstić information content (AvgIpc) is 2.47. The van der Waals surface area contributed by atoms with E-state index in [1.165, 1.54) is 25.3 Å². The van der Waals surface area contributed by atoms with E-state index in [0.29, 0.717) is 11.3 Å². The Hall–Kier alpha value is -2.45. The van der Waals surface area contributed by atoms with Crippen molar-refractivity contribution in [1.82, 2.24) is 0 Å². The van der Waals surface area contributed by atoms with Crippen LogP contribution >= 0.6 is 0 Å². The maximum Gasteiger partial charge on any atom is 0.274 e. The molecular formula is C14H14N2O5S. The molecule has 2 N–H and O–H groups in total. The number of nitrogens with two attached hydrogens (primary N) is 1. The van der Waals surface area contributed by atoms with Crippen molar-refractivity contribution in [2.75, 3.05) is 7.11 Å². The van der Waals surface area contributed by atoms with Crippen LogP contribution in [0.1, 0.15) is 11.1 Å². The number of methoxy groups -OCH3 is 1. The number of nitro groups is 1. The van der Waals surface area contributed by atoms with Gasteiger partial charge in [0.05, 0.1) is 22.5 Å². The van der Waals surface area contributed by atoms with Crippen molar-refractivity contribution < 1.29 is 18.1 Å². The van der Waals surface area contributed by atoms with E-state index in [2.05, 4.69) is 0 Å². The number of benzene rings is 2. The van der Waals surface area contributed by atoms with Crippen molar-refractivity contribution in [3.63, 3.8) is 0 Å². The Labute approximate surface area is 127 Å². The fourth-order valence-corrected chi connectivity index (χ4v) is 2.91. The lowest BCUT2D eigenvalue weighted by Crippen LogP contribution is -2.15. The molecule has 0 spiro atoms. The number of sulfonamides is 1. The van der Waals surface area contributed by atoms with Crippen LogP contribution in [0.15, 0.2) is 47.4 Å². The minimum Gasteiger partial charge on any atom is -0.497 e. The van der Waals surface area contributed by atoms with E-state index >= 15 is 0 Å². The molecule has 0 aromatic heterocycles. The van der Waals surface area contributed by atoms with Crippen LogP contribution in [-0.4, -0.2) is 20.5 Å². The first-order valence-corrected chi connectivity index (χ1v) is 7.79. The first-order chi connectivity index (χ1) is 10.3. The van der Waals surface area contributed by atoms with E-state index in [1.54, 1.807) is 24.3 Å². The molecule has 0 unspecified atom stereocenters. The number of hydrogen-bond donors (Lipinski definition) is 1. The van der Waals surface area contributed by atoms with Gasteiger partial charge in [0.1, 0.15) is 5.75 Å². The molecule has 0 heterocycles. The summed E-state index contributed by atoms with van der Waals surface area (Å²) in [5.74, 6) is 0.637. The third kappa shape index (κ3) is 3.41. The van der Waals surface area contributed by atoms with Crippen LogP contribution in [0.25, 0.3) is 0 Å². The molecule has 2 aromatic carbocycles. The van der Waals surface area contributed by atoms with Gasteiger partial charge >= 0.3 is 0 Å². The first kappa shape index (κ1) is 15.9. The molecule has 0 amide bonds. The largest absolute Gasteiger partial charge is 0.497 e. The fraction of sp³-hybridized carbons (Fsp3) is 0.143. The highest BCUT2D eigenvalue weighted by atomic mass is 32.2. The van der Waals surface area contributed by atoms with Crippen molar-refractivity contribution >= 4 is 15.7 Å². The lowest BCUT2D eigenvalue weighted by molar-refractivity contribution is -0.385. The maximum absolute atomic E-state index is 11.7. The van der Waals surface area contributed by atoms with Gasteiger partial charge in [-0.05, 0) is 23.8 Å². The lowest BCUT2D eigenvalue weighted by atomic mass is 10.0. The molecule has 2 rings (SSSR count). The molecule has 0 saturated carbocycles. The topological polar surface area (TPSA) is 113 Å². The normalized spacial score (nSPS) is 11.2. The SMILES string of the molecule is COc1ccc(Cc2c([N+](=O)[O-])cccc2S(N)(=O)=O)cc1. The van der Waals surface area contributed by atoms with Crippen LogP contribution in [0, 0.1) is 10.1 Å². The van der Waals surface area contributed by atoms with Crippen molar-refractivity contribution in [2.24, 2.45) is 5.14 Å². The lowest BCUT2D eigenvalue weighted by Gasteiger charge is -2.09. The van der Waals surface area contributed by atoms with Crippen LogP contribution in [-0.2, 0) is 16.4 Å². The van der Waals surface area contributed by atoms with Crippen molar-refractivity contribution in [1.29, 1.82) is 0 Å². The van der Waals surface area contributed by atoms with Gasteiger partial charge < -0.3 is 4.74 Å². The van der Waals surface area contributed by atoms with Gasteiger partial charge in [-0.2, -0.15) is 0 Å². The minimum absolute atomic E-state index is 0.0696. The summed E-state index contributed by atoms with van der Waals surface area (Å²) in [5, 5.41) is 16.3. The Morgan fingerprint density at radius 3 is 2.32 bits per heavy atom. The second kappa shape index (κ2) is 6.12. The molecule has 0 fully saturated rings. The number of nitrogens with zero attached hydrogens (tertiary/aromatic N) is 1. The predicted molar refractivity (Wildman–Crippen MR) is 80.3 cm³/mol. The summed E-state index contributed by atoms with van der Waals surface area (Å²) in [7, 11) is -2.53.